The highest BCUT2D eigenvalue weighted by Crippen LogP contribution is 2.26. The molecule has 1 aromatic rings. The molecule has 0 bridgehead atoms. The molecule has 2 heterocycles. The molecule has 0 amide bonds. The third-order valence-electron chi connectivity index (χ3n) is 3.08. The Morgan fingerprint density at radius 1 is 1.62 bits per heavy atom. The second-order valence-electron chi connectivity index (χ2n) is 4.25. The summed E-state index contributed by atoms with van der Waals surface area (Å²) in [5.74, 6) is 0.560. The molecule has 4 heteroatoms. The van der Waals surface area contributed by atoms with Crippen molar-refractivity contribution in [2.75, 3.05) is 13.7 Å². The number of pyridine rings is 1. The predicted molar refractivity (Wildman–Crippen MR) is 60.8 cm³/mol. The van der Waals surface area contributed by atoms with Crippen molar-refractivity contribution in [1.82, 2.24) is 10.3 Å². The number of hydrogen-bond donors (Lipinski definition) is 1. The third-order valence-corrected chi connectivity index (χ3v) is 3.08. The maximum atomic E-state index is 12.3. The molecule has 0 aliphatic carbocycles. The second kappa shape index (κ2) is 4.22. The fourth-order valence-corrected chi connectivity index (χ4v) is 2.08. The van der Waals surface area contributed by atoms with Gasteiger partial charge in [0, 0.05) is 6.20 Å². The standard InChI is InChI=1S/C12H16N2O2/c1-12(6-4-8-14-12)11(15)10-9(16-2)5-3-7-13-10/h3,5,7,14H,4,6,8H2,1-2H3. The van der Waals surface area contributed by atoms with Crippen LogP contribution < -0.4 is 10.1 Å². The SMILES string of the molecule is COc1cccnc1C(=O)C1(C)CCCN1. The molecule has 0 spiro atoms. The van der Waals surface area contributed by atoms with E-state index in [2.05, 4.69) is 10.3 Å². The lowest BCUT2D eigenvalue weighted by atomic mass is 9.92. The third kappa shape index (κ3) is 1.80. The van der Waals surface area contributed by atoms with Crippen molar-refractivity contribution < 1.29 is 9.53 Å². The summed E-state index contributed by atoms with van der Waals surface area (Å²) >= 11 is 0. The van der Waals surface area contributed by atoms with Crippen LogP contribution in [0.25, 0.3) is 0 Å². The first-order valence-corrected chi connectivity index (χ1v) is 5.46. The maximum Gasteiger partial charge on any atom is 0.204 e. The monoisotopic (exact) mass is 220 g/mol. The van der Waals surface area contributed by atoms with E-state index in [-0.39, 0.29) is 5.78 Å². The van der Waals surface area contributed by atoms with Crippen molar-refractivity contribution in [1.29, 1.82) is 0 Å². The fraction of sp³-hybridized carbons (Fsp3) is 0.500. The molecule has 1 atom stereocenters. The zero-order valence-electron chi connectivity index (χ0n) is 9.62. The largest absolute Gasteiger partial charge is 0.494 e. The van der Waals surface area contributed by atoms with Gasteiger partial charge in [-0.25, -0.2) is 4.98 Å². The van der Waals surface area contributed by atoms with Crippen molar-refractivity contribution in [3.8, 4) is 5.75 Å². The van der Waals surface area contributed by atoms with E-state index >= 15 is 0 Å². The summed E-state index contributed by atoms with van der Waals surface area (Å²) in [7, 11) is 1.55. The number of carbonyl (C=O) groups excluding carboxylic acids is 1. The van der Waals surface area contributed by atoms with Crippen LogP contribution in [0.5, 0.6) is 5.75 Å². The summed E-state index contributed by atoms with van der Waals surface area (Å²) in [6.07, 6.45) is 3.50. The maximum absolute atomic E-state index is 12.3. The van der Waals surface area contributed by atoms with Crippen molar-refractivity contribution in [3.63, 3.8) is 0 Å². The van der Waals surface area contributed by atoms with Gasteiger partial charge in [0.15, 0.2) is 0 Å². The van der Waals surface area contributed by atoms with Gasteiger partial charge in [-0.3, -0.25) is 4.79 Å². The van der Waals surface area contributed by atoms with E-state index in [0.717, 1.165) is 19.4 Å². The van der Waals surface area contributed by atoms with E-state index in [1.165, 1.54) is 0 Å². The number of ketones is 1. The lowest BCUT2D eigenvalue weighted by Crippen LogP contribution is -2.44. The number of nitrogens with zero attached hydrogens (tertiary/aromatic N) is 1. The summed E-state index contributed by atoms with van der Waals surface area (Å²) < 4.78 is 5.16. The van der Waals surface area contributed by atoms with Crippen LogP contribution in [0.3, 0.4) is 0 Å². The Kier molecular flexibility index (Phi) is 2.92. The van der Waals surface area contributed by atoms with Gasteiger partial charge < -0.3 is 10.1 Å². The number of rotatable bonds is 3. The Morgan fingerprint density at radius 3 is 3.06 bits per heavy atom. The van der Waals surface area contributed by atoms with E-state index in [4.69, 9.17) is 4.74 Å². The molecule has 1 aromatic heterocycles. The lowest BCUT2D eigenvalue weighted by Gasteiger charge is -2.22. The van der Waals surface area contributed by atoms with Gasteiger partial charge in [-0.05, 0) is 38.4 Å². The number of Topliss-reactive ketones (excluding diaryl/α,β-unsaturated/α-hetero) is 1. The number of methoxy groups -OCH3 is 1. The number of hydrogen-bond acceptors (Lipinski definition) is 4. The quantitative estimate of drug-likeness (QED) is 0.783. The first kappa shape index (κ1) is 11.1. The van der Waals surface area contributed by atoms with Gasteiger partial charge in [-0.15, -0.1) is 0 Å². The first-order chi connectivity index (χ1) is 7.67. The van der Waals surface area contributed by atoms with Gasteiger partial charge >= 0.3 is 0 Å². The minimum absolute atomic E-state index is 0.0162. The Labute approximate surface area is 95.0 Å². The molecule has 4 nitrogen and oxygen atoms in total. The summed E-state index contributed by atoms with van der Waals surface area (Å²) in [4.78, 5) is 16.5. The van der Waals surface area contributed by atoms with Gasteiger partial charge in [0.2, 0.25) is 5.78 Å². The van der Waals surface area contributed by atoms with E-state index in [1.807, 2.05) is 6.92 Å². The van der Waals surface area contributed by atoms with E-state index in [0.29, 0.717) is 11.4 Å². The molecule has 0 aromatic carbocycles. The van der Waals surface area contributed by atoms with E-state index in [1.54, 1.807) is 25.4 Å². The fourth-order valence-electron chi connectivity index (χ4n) is 2.08. The van der Waals surface area contributed by atoms with E-state index < -0.39 is 5.54 Å². The highest BCUT2D eigenvalue weighted by molar-refractivity contribution is 6.03. The van der Waals surface area contributed by atoms with Crippen LogP contribution >= 0.6 is 0 Å². The molecule has 16 heavy (non-hydrogen) atoms. The molecule has 1 unspecified atom stereocenters. The smallest absolute Gasteiger partial charge is 0.204 e. The summed E-state index contributed by atoms with van der Waals surface area (Å²) in [6, 6.07) is 3.53. The Balaban J connectivity index is 2.33. The Morgan fingerprint density at radius 2 is 2.44 bits per heavy atom. The van der Waals surface area contributed by atoms with Gasteiger partial charge in [0.05, 0.1) is 12.6 Å². The van der Waals surface area contributed by atoms with Gasteiger partial charge in [0.25, 0.3) is 0 Å². The lowest BCUT2D eigenvalue weighted by molar-refractivity contribution is 0.0875. The number of aromatic nitrogens is 1. The van der Waals surface area contributed by atoms with Crippen LogP contribution in [0.1, 0.15) is 30.3 Å². The molecule has 0 saturated carbocycles. The normalized spacial score (nSPS) is 24.4. The van der Waals surface area contributed by atoms with Gasteiger partial charge in [-0.2, -0.15) is 0 Å². The zero-order valence-corrected chi connectivity index (χ0v) is 9.62. The second-order valence-corrected chi connectivity index (χ2v) is 4.25. The molecule has 1 N–H and O–H groups in total. The molecule has 1 aliphatic rings. The molecule has 86 valence electrons. The van der Waals surface area contributed by atoms with Crippen LogP contribution in [0.15, 0.2) is 18.3 Å². The molecule has 1 aliphatic heterocycles. The summed E-state index contributed by atoms with van der Waals surface area (Å²) in [5, 5.41) is 3.24. The van der Waals surface area contributed by atoms with Crippen LogP contribution in [-0.4, -0.2) is 30.0 Å². The van der Waals surface area contributed by atoms with Crippen molar-refractivity contribution >= 4 is 5.78 Å². The summed E-state index contributed by atoms with van der Waals surface area (Å²) in [5.41, 5.74) is -0.0661. The van der Waals surface area contributed by atoms with Crippen molar-refractivity contribution in [2.24, 2.45) is 0 Å². The molecule has 1 fully saturated rings. The highest BCUT2D eigenvalue weighted by atomic mass is 16.5. The van der Waals surface area contributed by atoms with E-state index in [9.17, 15) is 4.79 Å². The van der Waals surface area contributed by atoms with Gasteiger partial charge in [-0.1, -0.05) is 0 Å². The van der Waals surface area contributed by atoms with Crippen LogP contribution in [-0.2, 0) is 0 Å². The van der Waals surface area contributed by atoms with Gasteiger partial charge in [0.1, 0.15) is 11.4 Å². The molecule has 0 radical (unpaired) electrons. The highest BCUT2D eigenvalue weighted by Gasteiger charge is 2.38. The predicted octanol–water partition coefficient (Wildman–Crippen LogP) is 1.41. The average Bonchev–Trinajstić information content (AvgIpc) is 2.76. The number of nitrogens with one attached hydrogen (secondary N) is 1. The zero-order chi connectivity index (χ0) is 11.6. The van der Waals surface area contributed by atoms with Crippen molar-refractivity contribution in [3.05, 3.63) is 24.0 Å². The summed E-state index contributed by atoms with van der Waals surface area (Å²) in [6.45, 7) is 2.81. The number of ether oxygens (including phenoxy) is 1. The first-order valence-electron chi connectivity index (χ1n) is 5.46. The minimum Gasteiger partial charge on any atom is -0.494 e. The van der Waals surface area contributed by atoms with Crippen molar-refractivity contribution in [2.45, 2.75) is 25.3 Å². The number of carbonyl (C=O) groups is 1. The molecular formula is C12H16N2O2. The Hall–Kier alpha value is -1.42. The average molecular weight is 220 g/mol. The molecular weight excluding hydrogens is 204 g/mol. The molecule has 1 saturated heterocycles. The Bertz CT molecular complexity index is 398. The molecule has 2 rings (SSSR count). The minimum atomic E-state index is -0.484. The van der Waals surface area contributed by atoms with Crippen LogP contribution in [0.2, 0.25) is 0 Å². The van der Waals surface area contributed by atoms with Crippen LogP contribution in [0, 0.1) is 0 Å². The van der Waals surface area contributed by atoms with Crippen LogP contribution in [0.4, 0.5) is 0 Å². The topological polar surface area (TPSA) is 51.2 Å².